The molecular formula is C11H17N3O3. The van der Waals surface area contributed by atoms with Crippen molar-refractivity contribution in [3.63, 3.8) is 0 Å². The van der Waals surface area contributed by atoms with Crippen LogP contribution in [-0.4, -0.2) is 32.3 Å². The van der Waals surface area contributed by atoms with Crippen LogP contribution in [0.15, 0.2) is 6.20 Å². The maximum atomic E-state index is 11.9. The van der Waals surface area contributed by atoms with Gasteiger partial charge in [0.2, 0.25) is 0 Å². The summed E-state index contributed by atoms with van der Waals surface area (Å²) in [6.45, 7) is 4.95. The molecule has 1 aromatic heterocycles. The van der Waals surface area contributed by atoms with Gasteiger partial charge in [-0.15, -0.1) is 0 Å². The summed E-state index contributed by atoms with van der Waals surface area (Å²) in [5, 5.41) is 15.5. The molecule has 1 atom stereocenters. The molecule has 0 aliphatic rings. The molecule has 94 valence electrons. The van der Waals surface area contributed by atoms with E-state index in [-0.39, 0.29) is 0 Å². The molecule has 0 aromatic carbocycles. The number of aromatic nitrogens is 2. The average molecular weight is 239 g/mol. The van der Waals surface area contributed by atoms with E-state index < -0.39 is 17.4 Å². The van der Waals surface area contributed by atoms with Crippen molar-refractivity contribution in [1.29, 1.82) is 0 Å². The molecule has 0 aliphatic carbocycles. The Kier molecular flexibility index (Phi) is 3.55. The van der Waals surface area contributed by atoms with Gasteiger partial charge in [0.15, 0.2) is 0 Å². The summed E-state index contributed by atoms with van der Waals surface area (Å²) >= 11 is 0. The Morgan fingerprint density at radius 1 is 1.59 bits per heavy atom. The van der Waals surface area contributed by atoms with E-state index in [1.54, 1.807) is 25.6 Å². The molecule has 2 N–H and O–H groups in total. The number of aryl methyl sites for hydroxylation is 1. The number of carbonyl (C=O) groups excluding carboxylic acids is 1. The van der Waals surface area contributed by atoms with Crippen LogP contribution in [0.3, 0.4) is 0 Å². The lowest BCUT2D eigenvalue weighted by Crippen LogP contribution is -2.51. The molecule has 1 unspecified atom stereocenters. The lowest BCUT2D eigenvalue weighted by molar-refractivity contribution is -0.143. The van der Waals surface area contributed by atoms with E-state index >= 15 is 0 Å². The second-order valence-electron chi connectivity index (χ2n) is 4.21. The molecule has 0 saturated heterocycles. The molecule has 1 rings (SSSR count). The van der Waals surface area contributed by atoms with Crippen LogP contribution in [0.4, 0.5) is 0 Å². The summed E-state index contributed by atoms with van der Waals surface area (Å²) in [4.78, 5) is 23.0. The Hall–Kier alpha value is -1.85. The molecule has 0 radical (unpaired) electrons. The minimum atomic E-state index is -1.25. The summed E-state index contributed by atoms with van der Waals surface area (Å²) in [5.41, 5.74) is -0.154. The van der Waals surface area contributed by atoms with Gasteiger partial charge in [-0.3, -0.25) is 9.48 Å². The van der Waals surface area contributed by atoms with E-state index in [2.05, 4.69) is 10.4 Å². The zero-order valence-electron chi connectivity index (χ0n) is 10.4. The SMILES string of the molecule is CCC(C)(NC(=O)c1cnn(C)c1C)C(=O)O. The lowest BCUT2D eigenvalue weighted by Gasteiger charge is -2.24. The quantitative estimate of drug-likeness (QED) is 0.810. The fraction of sp³-hybridized carbons (Fsp3) is 0.545. The molecule has 0 saturated carbocycles. The largest absolute Gasteiger partial charge is 0.480 e. The first-order chi connectivity index (χ1) is 7.81. The fourth-order valence-corrected chi connectivity index (χ4v) is 1.33. The van der Waals surface area contributed by atoms with Gasteiger partial charge in [0.05, 0.1) is 11.8 Å². The topological polar surface area (TPSA) is 84.2 Å². The van der Waals surface area contributed by atoms with Crippen molar-refractivity contribution in [3.05, 3.63) is 17.5 Å². The first kappa shape index (κ1) is 13.2. The van der Waals surface area contributed by atoms with Gasteiger partial charge in [-0.25, -0.2) is 4.79 Å². The minimum Gasteiger partial charge on any atom is -0.480 e. The summed E-state index contributed by atoms with van der Waals surface area (Å²) in [6.07, 6.45) is 1.75. The number of hydrogen-bond acceptors (Lipinski definition) is 3. The van der Waals surface area contributed by atoms with E-state index in [0.29, 0.717) is 17.7 Å². The predicted octanol–water partition coefficient (Wildman–Crippen LogP) is 0.712. The van der Waals surface area contributed by atoms with Crippen LogP contribution in [0.25, 0.3) is 0 Å². The Bertz CT molecular complexity index is 453. The Balaban J connectivity index is 2.93. The molecule has 0 aliphatic heterocycles. The monoisotopic (exact) mass is 239 g/mol. The summed E-state index contributed by atoms with van der Waals surface area (Å²) in [6, 6.07) is 0. The van der Waals surface area contributed by atoms with Gasteiger partial charge in [0.25, 0.3) is 5.91 Å². The number of aliphatic carboxylic acids is 1. The third kappa shape index (κ3) is 2.46. The zero-order valence-corrected chi connectivity index (χ0v) is 10.4. The van der Waals surface area contributed by atoms with Crippen LogP contribution in [0.5, 0.6) is 0 Å². The maximum Gasteiger partial charge on any atom is 0.329 e. The molecule has 1 aromatic rings. The number of hydrogen-bond donors (Lipinski definition) is 2. The number of nitrogens with zero attached hydrogens (tertiary/aromatic N) is 2. The van der Waals surface area contributed by atoms with Gasteiger partial charge < -0.3 is 10.4 Å². The van der Waals surface area contributed by atoms with Crippen molar-refractivity contribution in [3.8, 4) is 0 Å². The molecule has 17 heavy (non-hydrogen) atoms. The van der Waals surface area contributed by atoms with Crippen LogP contribution in [0.1, 0.15) is 36.3 Å². The Morgan fingerprint density at radius 3 is 2.53 bits per heavy atom. The molecule has 0 bridgehead atoms. The number of nitrogens with one attached hydrogen (secondary N) is 1. The van der Waals surface area contributed by atoms with E-state index in [1.807, 2.05) is 0 Å². The molecule has 6 nitrogen and oxygen atoms in total. The van der Waals surface area contributed by atoms with E-state index in [0.717, 1.165) is 0 Å². The highest BCUT2D eigenvalue weighted by atomic mass is 16.4. The van der Waals surface area contributed by atoms with E-state index in [1.165, 1.54) is 13.1 Å². The Labute approximate surface area is 99.6 Å². The predicted molar refractivity (Wildman–Crippen MR) is 61.7 cm³/mol. The van der Waals surface area contributed by atoms with Crippen LogP contribution in [-0.2, 0) is 11.8 Å². The highest BCUT2D eigenvalue weighted by Crippen LogP contribution is 2.12. The number of rotatable bonds is 4. The highest BCUT2D eigenvalue weighted by Gasteiger charge is 2.33. The maximum absolute atomic E-state index is 11.9. The Morgan fingerprint density at radius 2 is 2.18 bits per heavy atom. The number of carbonyl (C=O) groups is 2. The molecule has 0 fully saturated rings. The smallest absolute Gasteiger partial charge is 0.329 e. The number of carboxylic acid groups (broad SMARTS) is 1. The van der Waals surface area contributed by atoms with Crippen molar-refractivity contribution < 1.29 is 14.7 Å². The molecule has 0 spiro atoms. The molecule has 1 heterocycles. The van der Waals surface area contributed by atoms with Crippen LogP contribution < -0.4 is 5.32 Å². The van der Waals surface area contributed by atoms with Gasteiger partial charge >= 0.3 is 5.97 Å². The molecule has 6 heteroatoms. The summed E-state index contributed by atoms with van der Waals surface area (Å²) < 4.78 is 1.57. The van der Waals surface area contributed by atoms with Crippen LogP contribution in [0.2, 0.25) is 0 Å². The fourth-order valence-electron chi connectivity index (χ4n) is 1.33. The van der Waals surface area contributed by atoms with E-state index in [9.17, 15) is 9.59 Å². The van der Waals surface area contributed by atoms with Crippen molar-refractivity contribution in [1.82, 2.24) is 15.1 Å². The van der Waals surface area contributed by atoms with Crippen molar-refractivity contribution in [2.75, 3.05) is 0 Å². The van der Waals surface area contributed by atoms with Crippen molar-refractivity contribution in [2.24, 2.45) is 7.05 Å². The highest BCUT2D eigenvalue weighted by molar-refractivity contribution is 5.98. The first-order valence-electron chi connectivity index (χ1n) is 5.36. The number of amides is 1. The molecular weight excluding hydrogens is 222 g/mol. The second kappa shape index (κ2) is 4.57. The van der Waals surface area contributed by atoms with Crippen molar-refractivity contribution >= 4 is 11.9 Å². The first-order valence-corrected chi connectivity index (χ1v) is 5.36. The second-order valence-corrected chi connectivity index (χ2v) is 4.21. The van der Waals surface area contributed by atoms with Gasteiger partial charge in [-0.2, -0.15) is 5.10 Å². The lowest BCUT2D eigenvalue weighted by atomic mass is 9.98. The number of carboxylic acids is 1. The van der Waals surface area contributed by atoms with E-state index in [4.69, 9.17) is 5.11 Å². The molecule has 1 amide bonds. The van der Waals surface area contributed by atoms with Gasteiger partial charge in [-0.05, 0) is 20.3 Å². The summed E-state index contributed by atoms with van der Waals surface area (Å²) in [7, 11) is 1.72. The van der Waals surface area contributed by atoms with Gasteiger partial charge in [-0.1, -0.05) is 6.92 Å². The summed E-state index contributed by atoms with van der Waals surface area (Å²) in [5.74, 6) is -1.46. The van der Waals surface area contributed by atoms with Crippen LogP contribution >= 0.6 is 0 Å². The third-order valence-corrected chi connectivity index (χ3v) is 3.05. The van der Waals surface area contributed by atoms with Gasteiger partial charge in [0, 0.05) is 12.7 Å². The standard InChI is InChI=1S/C11H17N3O3/c1-5-11(3,10(16)17)13-9(15)8-6-12-14(4)7(8)2/h6H,5H2,1-4H3,(H,13,15)(H,16,17). The van der Waals surface area contributed by atoms with Crippen molar-refractivity contribution in [2.45, 2.75) is 32.7 Å². The normalized spacial score (nSPS) is 14.1. The van der Waals surface area contributed by atoms with Gasteiger partial charge in [0.1, 0.15) is 5.54 Å². The third-order valence-electron chi connectivity index (χ3n) is 3.05. The van der Waals surface area contributed by atoms with Crippen LogP contribution in [0, 0.1) is 6.92 Å². The zero-order chi connectivity index (χ0) is 13.2. The average Bonchev–Trinajstić information content (AvgIpc) is 2.59. The minimum absolute atomic E-state index is 0.313.